The average Bonchev–Trinajstić information content (AvgIpc) is 3.01. The van der Waals surface area contributed by atoms with Crippen LogP contribution in [0.2, 0.25) is 5.02 Å². The van der Waals surface area contributed by atoms with Crippen LogP contribution in [-0.4, -0.2) is 10.5 Å². The van der Waals surface area contributed by atoms with Crippen molar-refractivity contribution in [3.63, 3.8) is 0 Å². The molecule has 3 aromatic carbocycles. The lowest BCUT2D eigenvalue weighted by Gasteiger charge is -2.26. The fourth-order valence-electron chi connectivity index (χ4n) is 3.10. The summed E-state index contributed by atoms with van der Waals surface area (Å²) in [5.41, 5.74) is 4.40. The largest absolute Gasteiger partial charge is 0.256 e. The van der Waals surface area contributed by atoms with E-state index in [0.29, 0.717) is 0 Å². The van der Waals surface area contributed by atoms with Crippen LogP contribution in [-0.2, 0) is 0 Å². The maximum atomic E-state index is 6.08. The standard InChI is InChI=1S/C21H16BrClN2/c22-19-20(15-7-3-1-4-8-15)24-25(18-9-5-2-6-10-18)21(19)16-11-13-17(23)14-12-16/h1-14,19,21H. The third kappa shape index (κ3) is 3.22. The minimum atomic E-state index is 0.0647. The van der Waals surface area contributed by atoms with Crippen molar-refractivity contribution in [2.45, 2.75) is 10.9 Å². The van der Waals surface area contributed by atoms with E-state index in [9.17, 15) is 0 Å². The van der Waals surface area contributed by atoms with Crippen molar-refractivity contribution in [2.75, 3.05) is 5.01 Å². The van der Waals surface area contributed by atoms with E-state index >= 15 is 0 Å². The molecule has 4 heteroatoms. The SMILES string of the molecule is Clc1ccc(C2C(Br)C(c3ccccc3)=NN2c2ccccc2)cc1. The Kier molecular flexibility index (Phi) is 4.60. The number of alkyl halides is 1. The Balaban J connectivity index is 1.80. The molecule has 0 aromatic heterocycles. The predicted octanol–water partition coefficient (Wildman–Crippen LogP) is 6.07. The Labute approximate surface area is 160 Å². The number of anilines is 1. The van der Waals surface area contributed by atoms with Gasteiger partial charge >= 0.3 is 0 Å². The fraction of sp³-hybridized carbons (Fsp3) is 0.0952. The number of hydrazone groups is 1. The third-order valence-corrected chi connectivity index (χ3v) is 5.51. The Hall–Kier alpha value is -2.10. The molecule has 0 N–H and O–H groups in total. The molecule has 2 nitrogen and oxygen atoms in total. The van der Waals surface area contributed by atoms with Crippen molar-refractivity contribution in [3.05, 3.63) is 101 Å². The maximum absolute atomic E-state index is 6.08. The van der Waals surface area contributed by atoms with Gasteiger partial charge in [-0.25, -0.2) is 0 Å². The van der Waals surface area contributed by atoms with Gasteiger partial charge in [-0.2, -0.15) is 5.10 Å². The second kappa shape index (κ2) is 7.03. The summed E-state index contributed by atoms with van der Waals surface area (Å²) < 4.78 is 0. The minimum absolute atomic E-state index is 0.0647. The molecule has 0 fully saturated rings. The van der Waals surface area contributed by atoms with Gasteiger partial charge in [0.2, 0.25) is 0 Å². The normalized spacial score (nSPS) is 19.8. The molecule has 1 aliphatic rings. The van der Waals surface area contributed by atoms with Crippen molar-refractivity contribution in [1.82, 2.24) is 0 Å². The van der Waals surface area contributed by atoms with Crippen molar-refractivity contribution < 1.29 is 0 Å². The second-order valence-electron chi connectivity index (χ2n) is 5.93. The lowest BCUT2D eigenvalue weighted by Crippen LogP contribution is -2.25. The van der Waals surface area contributed by atoms with Crippen LogP contribution in [0.15, 0.2) is 90.0 Å². The van der Waals surface area contributed by atoms with E-state index in [0.717, 1.165) is 22.0 Å². The Morgan fingerprint density at radius 1 is 0.800 bits per heavy atom. The van der Waals surface area contributed by atoms with Crippen LogP contribution in [0.5, 0.6) is 0 Å². The van der Waals surface area contributed by atoms with E-state index < -0.39 is 0 Å². The number of hydrogen-bond acceptors (Lipinski definition) is 2. The smallest absolute Gasteiger partial charge is 0.0957 e. The first-order valence-electron chi connectivity index (χ1n) is 8.12. The Bertz CT molecular complexity index is 879. The van der Waals surface area contributed by atoms with Gasteiger partial charge in [0, 0.05) is 5.02 Å². The quantitative estimate of drug-likeness (QED) is 0.478. The highest BCUT2D eigenvalue weighted by molar-refractivity contribution is 9.10. The van der Waals surface area contributed by atoms with E-state index in [-0.39, 0.29) is 10.9 Å². The summed E-state index contributed by atoms with van der Waals surface area (Å²) in [6.45, 7) is 0. The minimum Gasteiger partial charge on any atom is -0.256 e. The highest BCUT2D eigenvalue weighted by Crippen LogP contribution is 2.40. The van der Waals surface area contributed by atoms with Gasteiger partial charge in [-0.3, -0.25) is 5.01 Å². The first-order chi connectivity index (χ1) is 12.2. The summed E-state index contributed by atoms with van der Waals surface area (Å²) in [5.74, 6) is 0. The van der Waals surface area contributed by atoms with E-state index in [1.165, 1.54) is 5.56 Å². The summed E-state index contributed by atoms with van der Waals surface area (Å²) in [7, 11) is 0. The van der Waals surface area contributed by atoms with Crippen LogP contribution in [0.25, 0.3) is 0 Å². The fourth-order valence-corrected chi connectivity index (χ4v) is 4.11. The predicted molar refractivity (Wildman–Crippen MR) is 109 cm³/mol. The van der Waals surface area contributed by atoms with Crippen LogP contribution in [0.3, 0.4) is 0 Å². The van der Waals surface area contributed by atoms with Gasteiger partial charge in [0.1, 0.15) is 0 Å². The van der Waals surface area contributed by atoms with E-state index in [1.54, 1.807) is 0 Å². The zero-order valence-electron chi connectivity index (χ0n) is 13.4. The Morgan fingerprint density at radius 3 is 2.04 bits per heavy atom. The molecule has 2 atom stereocenters. The van der Waals surface area contributed by atoms with Crippen LogP contribution >= 0.6 is 27.5 Å². The van der Waals surface area contributed by atoms with Gasteiger partial charge in [0.15, 0.2) is 0 Å². The molecule has 0 saturated heterocycles. The van der Waals surface area contributed by atoms with Gasteiger partial charge in [-0.15, -0.1) is 0 Å². The molecule has 1 aliphatic heterocycles. The van der Waals surface area contributed by atoms with Crippen molar-refractivity contribution in [2.24, 2.45) is 5.10 Å². The number of halogens is 2. The lowest BCUT2D eigenvalue weighted by molar-refractivity contribution is 0.722. The molecule has 0 spiro atoms. The Morgan fingerprint density at radius 2 is 1.40 bits per heavy atom. The van der Waals surface area contributed by atoms with E-state index in [4.69, 9.17) is 16.7 Å². The van der Waals surface area contributed by atoms with Gasteiger partial charge in [0.25, 0.3) is 0 Å². The summed E-state index contributed by atoms with van der Waals surface area (Å²) in [6.07, 6.45) is 0. The van der Waals surface area contributed by atoms with Crippen LogP contribution < -0.4 is 5.01 Å². The number of para-hydroxylation sites is 1. The second-order valence-corrected chi connectivity index (χ2v) is 7.35. The first-order valence-corrected chi connectivity index (χ1v) is 9.41. The molecule has 0 radical (unpaired) electrons. The third-order valence-electron chi connectivity index (χ3n) is 4.32. The summed E-state index contributed by atoms with van der Waals surface area (Å²) in [6, 6.07) is 28.6. The van der Waals surface area contributed by atoms with Crippen molar-refractivity contribution in [1.29, 1.82) is 0 Å². The molecule has 2 unspecified atom stereocenters. The zero-order chi connectivity index (χ0) is 17.2. The topological polar surface area (TPSA) is 15.6 Å². The van der Waals surface area contributed by atoms with E-state index in [2.05, 4.69) is 57.3 Å². The number of hydrogen-bond donors (Lipinski definition) is 0. The molecule has 0 aliphatic carbocycles. The zero-order valence-corrected chi connectivity index (χ0v) is 15.7. The van der Waals surface area contributed by atoms with Crippen LogP contribution in [0.1, 0.15) is 17.2 Å². The highest BCUT2D eigenvalue weighted by atomic mass is 79.9. The summed E-state index contributed by atoms with van der Waals surface area (Å²) >= 11 is 9.97. The maximum Gasteiger partial charge on any atom is 0.0957 e. The summed E-state index contributed by atoms with van der Waals surface area (Å²) in [4.78, 5) is 0.0799. The monoisotopic (exact) mass is 410 g/mol. The first kappa shape index (κ1) is 16.4. The molecule has 124 valence electrons. The molecule has 0 saturated carbocycles. The molecular formula is C21H16BrClN2. The van der Waals surface area contributed by atoms with Crippen molar-refractivity contribution >= 4 is 38.9 Å². The summed E-state index contributed by atoms with van der Waals surface area (Å²) in [5, 5.41) is 7.79. The molecule has 0 bridgehead atoms. The van der Waals surface area contributed by atoms with Gasteiger partial charge < -0.3 is 0 Å². The highest BCUT2D eigenvalue weighted by Gasteiger charge is 2.38. The van der Waals surface area contributed by atoms with Gasteiger partial charge in [-0.1, -0.05) is 88.2 Å². The molecule has 0 amide bonds. The van der Waals surface area contributed by atoms with Gasteiger partial charge in [-0.05, 0) is 35.4 Å². The van der Waals surface area contributed by atoms with Crippen LogP contribution in [0.4, 0.5) is 5.69 Å². The van der Waals surface area contributed by atoms with Gasteiger partial charge in [0.05, 0.1) is 22.3 Å². The lowest BCUT2D eigenvalue weighted by atomic mass is 9.98. The number of benzene rings is 3. The van der Waals surface area contributed by atoms with Crippen LogP contribution in [0, 0.1) is 0 Å². The molecule has 4 rings (SSSR count). The van der Waals surface area contributed by atoms with E-state index in [1.807, 2.05) is 48.5 Å². The van der Waals surface area contributed by atoms with Crippen molar-refractivity contribution in [3.8, 4) is 0 Å². The number of nitrogens with zero attached hydrogens (tertiary/aromatic N) is 2. The molecule has 3 aromatic rings. The molecular weight excluding hydrogens is 396 g/mol. The molecule has 1 heterocycles. The molecule has 25 heavy (non-hydrogen) atoms. The number of rotatable bonds is 3. The average molecular weight is 412 g/mol.